The Morgan fingerprint density at radius 2 is 1.02 bits per heavy atom. The van der Waals surface area contributed by atoms with Gasteiger partial charge in [-0.3, -0.25) is 14.4 Å². The number of hydrogen-bond donors (Lipinski definition) is 3. The number of rotatable bonds is 14. The second kappa shape index (κ2) is 16.3. The Balaban J connectivity index is 1.83. The second-order valence-corrected chi connectivity index (χ2v) is 13.1. The smallest absolute Gasteiger partial charge is 0.408 e. The van der Waals surface area contributed by atoms with Crippen molar-refractivity contribution < 1.29 is 23.9 Å². The van der Waals surface area contributed by atoms with E-state index in [1.807, 2.05) is 54.6 Å². The fourth-order valence-corrected chi connectivity index (χ4v) is 6.58. The first-order valence-electron chi connectivity index (χ1n) is 15.3. The predicted octanol–water partition coefficient (Wildman–Crippen LogP) is 5.98. The van der Waals surface area contributed by atoms with Gasteiger partial charge in [-0.15, -0.1) is 11.8 Å². The summed E-state index contributed by atoms with van der Waals surface area (Å²) >= 11 is 1.58. The summed E-state index contributed by atoms with van der Waals surface area (Å²) in [5.41, 5.74) is 2.41. The molecule has 0 heterocycles. The molecule has 0 fully saturated rings. The molecule has 0 saturated carbocycles. The largest absolute Gasteiger partial charge is 0.444 e. The molecule has 0 aliphatic heterocycles. The number of nitrogens with one attached hydrogen (secondary N) is 3. The third kappa shape index (κ3) is 9.69. The molecule has 0 aliphatic carbocycles. The third-order valence-corrected chi connectivity index (χ3v) is 8.91. The van der Waals surface area contributed by atoms with Gasteiger partial charge in [0.2, 0.25) is 11.8 Å². The number of amides is 3. The highest BCUT2D eigenvalue weighted by Gasteiger charge is 2.38. The van der Waals surface area contributed by atoms with Gasteiger partial charge in [0.25, 0.3) is 0 Å². The van der Waals surface area contributed by atoms with Crippen molar-refractivity contribution in [3.63, 3.8) is 0 Å². The lowest BCUT2D eigenvalue weighted by Crippen LogP contribution is -2.56. The van der Waals surface area contributed by atoms with E-state index >= 15 is 0 Å². The summed E-state index contributed by atoms with van der Waals surface area (Å²) in [5, 5.41) is 8.20. The van der Waals surface area contributed by atoms with Gasteiger partial charge in [0, 0.05) is 5.75 Å². The quantitative estimate of drug-likeness (QED) is 0.189. The normalized spacial score (nSPS) is 13.6. The van der Waals surface area contributed by atoms with Gasteiger partial charge in [-0.25, -0.2) is 4.79 Å². The zero-order valence-corrected chi connectivity index (χ0v) is 27.8. The number of ether oxygens (including phenoxy) is 1. The van der Waals surface area contributed by atoms with Crippen LogP contribution in [0.15, 0.2) is 91.0 Å². The van der Waals surface area contributed by atoms with E-state index < -0.39 is 46.4 Å². The Morgan fingerprint density at radius 3 is 1.38 bits per heavy atom. The van der Waals surface area contributed by atoms with Gasteiger partial charge in [0.15, 0.2) is 5.78 Å². The van der Waals surface area contributed by atoms with Crippen molar-refractivity contribution in [2.45, 2.75) is 82.9 Å². The lowest BCUT2D eigenvalue weighted by Gasteiger charge is -2.36. The lowest BCUT2D eigenvalue weighted by molar-refractivity contribution is -0.131. The minimum atomic E-state index is -0.902. The van der Waals surface area contributed by atoms with E-state index in [2.05, 4.69) is 52.3 Å². The first-order valence-corrected chi connectivity index (χ1v) is 16.3. The van der Waals surface area contributed by atoms with Gasteiger partial charge < -0.3 is 20.7 Å². The van der Waals surface area contributed by atoms with Crippen molar-refractivity contribution in [3.8, 4) is 0 Å². The van der Waals surface area contributed by atoms with Crippen molar-refractivity contribution in [1.29, 1.82) is 0 Å². The molecule has 0 saturated heterocycles. The first kappa shape index (κ1) is 35.4. The zero-order valence-electron chi connectivity index (χ0n) is 27.0. The Hall–Kier alpha value is -4.11. The van der Waals surface area contributed by atoms with Crippen LogP contribution in [0.3, 0.4) is 0 Å². The highest BCUT2D eigenvalue weighted by molar-refractivity contribution is 8.00. The average molecular weight is 632 g/mol. The van der Waals surface area contributed by atoms with Crippen LogP contribution in [0, 0.1) is 0 Å². The molecule has 0 radical (unpaired) electrons. The average Bonchev–Trinajstić information content (AvgIpc) is 3.02. The molecule has 9 heteroatoms. The molecule has 3 aromatic rings. The number of carbonyl (C=O) groups is 4. The molecular weight excluding hydrogens is 586 g/mol. The molecule has 0 unspecified atom stereocenters. The maximum Gasteiger partial charge on any atom is 0.408 e. The summed E-state index contributed by atoms with van der Waals surface area (Å²) in [6.07, 6.45) is -0.120. The van der Waals surface area contributed by atoms with E-state index in [-0.39, 0.29) is 11.5 Å². The number of alkyl carbamates (subject to hydrolysis) is 1. The summed E-state index contributed by atoms with van der Waals surface area (Å²) < 4.78 is 4.61. The van der Waals surface area contributed by atoms with Crippen LogP contribution in [0.5, 0.6) is 0 Å². The molecule has 3 aromatic carbocycles. The minimum Gasteiger partial charge on any atom is -0.444 e. The van der Waals surface area contributed by atoms with E-state index in [1.165, 1.54) is 6.92 Å². The lowest BCUT2D eigenvalue weighted by atomic mass is 9.84. The molecule has 240 valence electrons. The molecular formula is C36H45N3O5S. The summed E-state index contributed by atoms with van der Waals surface area (Å²) in [4.78, 5) is 51.8. The molecule has 8 nitrogen and oxygen atoms in total. The highest BCUT2D eigenvalue weighted by Crippen LogP contribution is 2.48. The van der Waals surface area contributed by atoms with Crippen LogP contribution in [0.25, 0.3) is 0 Å². The standard InChI is InChI=1S/C36H45N3O5S/c1-7-29(37-33(42)30(8-2)39-34(43)44-35(4,5)6)32(41)38-31(25(3)40)24-45-36(26-18-12-9-13-19-26,27-20-14-10-15-21-27)28-22-16-11-17-23-28/h9-23,29-31H,7-8,24H2,1-6H3,(H,37,42)(H,38,41)(H,39,43)/t29-,30-,31-/m0/s1. The maximum atomic E-state index is 13.5. The number of thioether (sulfide) groups is 1. The van der Waals surface area contributed by atoms with Gasteiger partial charge in [-0.1, -0.05) is 105 Å². The van der Waals surface area contributed by atoms with Crippen LogP contribution >= 0.6 is 11.8 Å². The van der Waals surface area contributed by atoms with Gasteiger partial charge in [0.1, 0.15) is 17.7 Å². The Morgan fingerprint density at radius 1 is 0.644 bits per heavy atom. The molecule has 3 N–H and O–H groups in total. The number of benzene rings is 3. The second-order valence-electron chi connectivity index (χ2n) is 11.8. The van der Waals surface area contributed by atoms with E-state index in [0.29, 0.717) is 12.8 Å². The van der Waals surface area contributed by atoms with Crippen molar-refractivity contribution in [2.24, 2.45) is 0 Å². The van der Waals surface area contributed by atoms with Crippen molar-refractivity contribution in [2.75, 3.05) is 5.75 Å². The van der Waals surface area contributed by atoms with E-state index in [9.17, 15) is 19.2 Å². The number of carbonyl (C=O) groups excluding carboxylic acids is 4. The fraction of sp³-hybridized carbons (Fsp3) is 0.389. The van der Waals surface area contributed by atoms with E-state index in [1.54, 1.807) is 46.4 Å². The maximum absolute atomic E-state index is 13.5. The van der Waals surface area contributed by atoms with Crippen molar-refractivity contribution in [3.05, 3.63) is 108 Å². The van der Waals surface area contributed by atoms with Crippen LogP contribution < -0.4 is 16.0 Å². The van der Waals surface area contributed by atoms with Crippen molar-refractivity contribution >= 4 is 35.5 Å². The highest BCUT2D eigenvalue weighted by atomic mass is 32.2. The molecule has 3 atom stereocenters. The summed E-state index contributed by atoms with van der Waals surface area (Å²) in [6, 6.07) is 27.7. The molecule has 3 amide bonds. The molecule has 0 spiro atoms. The fourth-order valence-electron chi connectivity index (χ4n) is 4.94. The van der Waals surface area contributed by atoms with Crippen LogP contribution in [0.4, 0.5) is 4.79 Å². The summed E-state index contributed by atoms with van der Waals surface area (Å²) in [7, 11) is 0. The minimum absolute atomic E-state index is 0.196. The Labute approximate surface area is 271 Å². The van der Waals surface area contributed by atoms with Crippen LogP contribution in [0.2, 0.25) is 0 Å². The van der Waals surface area contributed by atoms with Crippen LogP contribution in [-0.4, -0.2) is 53.2 Å². The van der Waals surface area contributed by atoms with Gasteiger partial charge >= 0.3 is 6.09 Å². The van der Waals surface area contributed by atoms with Gasteiger partial charge in [0.05, 0.1) is 10.8 Å². The number of hydrogen-bond acceptors (Lipinski definition) is 6. The van der Waals surface area contributed by atoms with Crippen LogP contribution in [-0.2, 0) is 23.9 Å². The van der Waals surface area contributed by atoms with Gasteiger partial charge in [-0.2, -0.15) is 0 Å². The predicted molar refractivity (Wildman–Crippen MR) is 180 cm³/mol. The SMILES string of the molecule is CC[C@H](NC(=O)OC(C)(C)C)C(=O)N[C@@H](CC)C(=O)N[C@@H](CSC(c1ccccc1)(c1ccccc1)c1ccccc1)C(C)=O. The zero-order chi connectivity index (χ0) is 33.0. The summed E-state index contributed by atoms with van der Waals surface area (Å²) in [6.45, 7) is 10.2. The van der Waals surface area contributed by atoms with Gasteiger partial charge in [-0.05, 0) is 57.2 Å². The molecule has 45 heavy (non-hydrogen) atoms. The summed E-state index contributed by atoms with van der Waals surface area (Å²) in [5.74, 6) is -0.890. The van der Waals surface area contributed by atoms with E-state index in [4.69, 9.17) is 4.74 Å². The topological polar surface area (TPSA) is 114 Å². The van der Waals surface area contributed by atoms with Crippen LogP contribution in [0.1, 0.15) is 71.1 Å². The molecule has 3 rings (SSSR count). The third-order valence-electron chi connectivity index (χ3n) is 7.27. The molecule has 0 aromatic heterocycles. The number of Topliss-reactive ketones (excluding diaryl/α,β-unsaturated/α-hetero) is 1. The Kier molecular flexibility index (Phi) is 12.8. The number of ketones is 1. The first-order chi connectivity index (χ1) is 21.4. The van der Waals surface area contributed by atoms with E-state index in [0.717, 1.165) is 16.7 Å². The molecule has 0 aliphatic rings. The van der Waals surface area contributed by atoms with Crippen molar-refractivity contribution in [1.82, 2.24) is 16.0 Å². The molecule has 0 bridgehead atoms. The monoisotopic (exact) mass is 631 g/mol. The Bertz CT molecular complexity index is 1310.